The summed E-state index contributed by atoms with van der Waals surface area (Å²) >= 11 is 0. The van der Waals surface area contributed by atoms with E-state index in [1.807, 2.05) is 36.4 Å². The standard InChI is InChI=1S/C22H28N4O3/c1-2-3-4-7-18-14-19(29-25-18)16-28-26-22(27)20-8-5-6-9-21(20)24-15-17-10-12-23-13-11-17/h5-6,8-14,19,24-25H,2-4,7,15-16H2,1H3,(H,26,27). The number of anilines is 1. The summed E-state index contributed by atoms with van der Waals surface area (Å²) in [4.78, 5) is 27.4. The highest BCUT2D eigenvalue weighted by molar-refractivity contribution is 5.98. The molecule has 3 rings (SSSR count). The van der Waals surface area contributed by atoms with Crippen LogP contribution in [0.5, 0.6) is 0 Å². The molecule has 1 aliphatic rings. The van der Waals surface area contributed by atoms with Gasteiger partial charge in [-0.05, 0) is 48.7 Å². The lowest BCUT2D eigenvalue weighted by molar-refractivity contribution is -0.0411. The van der Waals surface area contributed by atoms with Gasteiger partial charge in [0, 0.05) is 30.3 Å². The number of allylic oxidation sites excluding steroid dienone is 1. The largest absolute Gasteiger partial charge is 0.380 e. The van der Waals surface area contributed by atoms with Gasteiger partial charge >= 0.3 is 0 Å². The van der Waals surface area contributed by atoms with Crippen LogP contribution in [0.3, 0.4) is 0 Å². The molecule has 29 heavy (non-hydrogen) atoms. The van der Waals surface area contributed by atoms with E-state index in [-0.39, 0.29) is 18.6 Å². The summed E-state index contributed by atoms with van der Waals surface area (Å²) in [6.07, 6.45) is 9.76. The Morgan fingerprint density at radius 2 is 2.03 bits per heavy atom. The highest BCUT2D eigenvalue weighted by Gasteiger charge is 2.17. The van der Waals surface area contributed by atoms with Crippen molar-refractivity contribution in [2.24, 2.45) is 0 Å². The number of nitrogens with one attached hydrogen (secondary N) is 3. The Morgan fingerprint density at radius 3 is 2.86 bits per heavy atom. The smallest absolute Gasteiger partial charge is 0.276 e. The summed E-state index contributed by atoms with van der Waals surface area (Å²) in [7, 11) is 0. The Balaban J connectivity index is 1.46. The number of hydroxylamine groups is 2. The van der Waals surface area contributed by atoms with Gasteiger partial charge in [-0.15, -0.1) is 0 Å². The third-order valence-corrected chi connectivity index (χ3v) is 4.59. The van der Waals surface area contributed by atoms with E-state index in [1.165, 1.54) is 12.8 Å². The number of hydrogen-bond donors (Lipinski definition) is 3. The second kappa shape index (κ2) is 11.2. The molecule has 1 aromatic carbocycles. The van der Waals surface area contributed by atoms with Gasteiger partial charge in [0.15, 0.2) is 0 Å². The number of nitrogens with zero attached hydrogens (tertiary/aromatic N) is 1. The fraction of sp³-hybridized carbons (Fsp3) is 0.364. The van der Waals surface area contributed by atoms with E-state index >= 15 is 0 Å². The molecule has 154 valence electrons. The first-order chi connectivity index (χ1) is 14.3. The maximum Gasteiger partial charge on any atom is 0.276 e. The molecule has 2 heterocycles. The van der Waals surface area contributed by atoms with E-state index in [4.69, 9.17) is 9.68 Å². The number of benzene rings is 1. The van der Waals surface area contributed by atoms with Gasteiger partial charge in [0.1, 0.15) is 12.7 Å². The summed E-state index contributed by atoms with van der Waals surface area (Å²) in [5.74, 6) is -0.305. The third-order valence-electron chi connectivity index (χ3n) is 4.59. The molecule has 0 saturated carbocycles. The summed E-state index contributed by atoms with van der Waals surface area (Å²) in [5, 5.41) is 3.28. The average Bonchev–Trinajstić information content (AvgIpc) is 3.21. The van der Waals surface area contributed by atoms with Crippen LogP contribution in [0.15, 0.2) is 60.6 Å². The Labute approximate surface area is 171 Å². The predicted molar refractivity (Wildman–Crippen MR) is 112 cm³/mol. The van der Waals surface area contributed by atoms with Gasteiger partial charge in [0.2, 0.25) is 0 Å². The van der Waals surface area contributed by atoms with Gasteiger partial charge in [-0.2, -0.15) is 0 Å². The van der Waals surface area contributed by atoms with Gasteiger partial charge in [-0.3, -0.25) is 24.9 Å². The normalized spacial score (nSPS) is 15.5. The fourth-order valence-electron chi connectivity index (χ4n) is 3.00. The summed E-state index contributed by atoms with van der Waals surface area (Å²) in [6, 6.07) is 11.2. The van der Waals surface area contributed by atoms with Crippen molar-refractivity contribution in [3.05, 3.63) is 71.7 Å². The van der Waals surface area contributed by atoms with E-state index in [0.29, 0.717) is 12.1 Å². The molecule has 1 amide bonds. The zero-order valence-electron chi connectivity index (χ0n) is 16.7. The maximum atomic E-state index is 12.5. The van der Waals surface area contributed by atoms with Crippen LogP contribution in [0, 0.1) is 0 Å². The van der Waals surface area contributed by atoms with Gasteiger partial charge in [0.05, 0.1) is 5.56 Å². The van der Waals surface area contributed by atoms with Gasteiger partial charge in [0.25, 0.3) is 5.91 Å². The van der Waals surface area contributed by atoms with Crippen LogP contribution in [-0.2, 0) is 16.2 Å². The first-order valence-electron chi connectivity index (χ1n) is 10.0. The molecule has 0 fully saturated rings. The van der Waals surface area contributed by atoms with Crippen LogP contribution in [0.25, 0.3) is 0 Å². The second-order valence-corrected chi connectivity index (χ2v) is 6.90. The van der Waals surface area contributed by atoms with Crippen molar-refractivity contribution in [1.82, 2.24) is 15.9 Å². The molecule has 1 atom stereocenters. The molecule has 0 aliphatic carbocycles. The van der Waals surface area contributed by atoms with E-state index in [1.54, 1.807) is 18.5 Å². The van der Waals surface area contributed by atoms with Crippen LogP contribution < -0.4 is 16.3 Å². The van der Waals surface area contributed by atoms with Gasteiger partial charge < -0.3 is 5.32 Å². The highest BCUT2D eigenvalue weighted by Crippen LogP contribution is 2.17. The molecule has 1 unspecified atom stereocenters. The number of para-hydroxylation sites is 1. The highest BCUT2D eigenvalue weighted by atomic mass is 16.7. The molecular formula is C22H28N4O3. The number of hydrogen-bond acceptors (Lipinski definition) is 6. The van der Waals surface area contributed by atoms with E-state index in [2.05, 4.69) is 28.2 Å². The lowest BCUT2D eigenvalue weighted by atomic mass is 10.1. The van der Waals surface area contributed by atoms with Crippen molar-refractivity contribution in [3.8, 4) is 0 Å². The van der Waals surface area contributed by atoms with Crippen molar-refractivity contribution < 1.29 is 14.5 Å². The van der Waals surface area contributed by atoms with Crippen molar-refractivity contribution in [1.29, 1.82) is 0 Å². The molecule has 0 radical (unpaired) electrons. The van der Waals surface area contributed by atoms with Crippen LogP contribution in [0.1, 0.15) is 48.5 Å². The minimum atomic E-state index is -0.305. The molecule has 1 aliphatic heterocycles. The quantitative estimate of drug-likeness (QED) is 0.397. The minimum Gasteiger partial charge on any atom is -0.380 e. The molecule has 7 heteroatoms. The number of aromatic nitrogens is 1. The average molecular weight is 396 g/mol. The number of carbonyl (C=O) groups is 1. The maximum absolute atomic E-state index is 12.5. The summed E-state index contributed by atoms with van der Waals surface area (Å²) in [5.41, 5.74) is 8.85. The lowest BCUT2D eigenvalue weighted by Gasteiger charge is -2.13. The van der Waals surface area contributed by atoms with E-state index in [9.17, 15) is 4.79 Å². The van der Waals surface area contributed by atoms with Crippen LogP contribution in [-0.4, -0.2) is 23.6 Å². The van der Waals surface area contributed by atoms with Gasteiger partial charge in [-0.1, -0.05) is 31.9 Å². The molecule has 0 saturated heterocycles. The number of pyridine rings is 1. The zero-order chi connectivity index (χ0) is 20.3. The second-order valence-electron chi connectivity index (χ2n) is 6.90. The zero-order valence-corrected chi connectivity index (χ0v) is 16.7. The number of rotatable bonds is 11. The van der Waals surface area contributed by atoms with Crippen molar-refractivity contribution in [3.63, 3.8) is 0 Å². The number of unbranched alkanes of at least 4 members (excludes halogenated alkanes) is 2. The Kier molecular flexibility index (Phi) is 8.03. The SMILES string of the molecule is CCCCCC1=CC(CONC(=O)c2ccccc2NCc2ccncc2)ON1. The molecule has 0 spiro atoms. The predicted octanol–water partition coefficient (Wildman–Crippen LogP) is 3.72. The van der Waals surface area contributed by atoms with Crippen LogP contribution in [0.2, 0.25) is 0 Å². The van der Waals surface area contributed by atoms with Crippen molar-refractivity contribution in [2.75, 3.05) is 11.9 Å². The van der Waals surface area contributed by atoms with Crippen molar-refractivity contribution in [2.45, 2.75) is 45.3 Å². The number of carbonyl (C=O) groups excluding carboxylic acids is 1. The van der Waals surface area contributed by atoms with E-state index in [0.717, 1.165) is 29.8 Å². The van der Waals surface area contributed by atoms with Crippen LogP contribution >= 0.6 is 0 Å². The topological polar surface area (TPSA) is 84.5 Å². The van der Waals surface area contributed by atoms with Gasteiger partial charge in [-0.25, -0.2) is 5.48 Å². The van der Waals surface area contributed by atoms with Crippen LogP contribution in [0.4, 0.5) is 5.69 Å². The monoisotopic (exact) mass is 396 g/mol. The molecular weight excluding hydrogens is 368 g/mol. The first-order valence-corrected chi connectivity index (χ1v) is 10.0. The Morgan fingerprint density at radius 1 is 1.21 bits per heavy atom. The lowest BCUT2D eigenvalue weighted by Crippen LogP contribution is -2.29. The molecule has 1 aromatic heterocycles. The fourth-order valence-corrected chi connectivity index (χ4v) is 3.00. The Hall–Kier alpha value is -2.90. The summed E-state index contributed by atoms with van der Waals surface area (Å²) in [6.45, 7) is 3.02. The molecule has 2 aromatic rings. The number of amides is 1. The minimum absolute atomic E-state index is 0.216. The van der Waals surface area contributed by atoms with Crippen molar-refractivity contribution >= 4 is 11.6 Å². The Bertz CT molecular complexity index is 811. The first kappa shape index (κ1) is 20.8. The van der Waals surface area contributed by atoms with E-state index < -0.39 is 0 Å². The summed E-state index contributed by atoms with van der Waals surface area (Å²) < 4.78 is 0. The molecule has 7 nitrogen and oxygen atoms in total. The third kappa shape index (κ3) is 6.58. The molecule has 0 bridgehead atoms. The molecule has 3 N–H and O–H groups in total.